The van der Waals surface area contributed by atoms with Crippen LogP contribution in [-0.4, -0.2) is 0 Å². The van der Waals surface area contributed by atoms with Crippen LogP contribution in [0.1, 0.15) is 52.7 Å². The Morgan fingerprint density at radius 1 is 0.420 bits per heavy atom. The van der Waals surface area contributed by atoms with Crippen LogP contribution in [0.2, 0.25) is 0 Å². The van der Waals surface area contributed by atoms with Crippen LogP contribution in [0.15, 0.2) is 158 Å². The standard InChI is InChI=1S/C49H41N/c1-32-28-40(29-33(2)34(32)3)49-43-21-13-12-20-42(43)48(39-23-22-35-14-10-11-19-38(35)30-39)44-25-24-41(31-45(44)49)50-46(36-15-6-4-7-16-36)26-27-47(50)37-17-8-5-9-18-37/h4-25,28-31,46-47H,26-27H2,1-3H3. The first-order valence-corrected chi connectivity index (χ1v) is 18.0. The van der Waals surface area contributed by atoms with E-state index in [0.29, 0.717) is 12.1 Å². The van der Waals surface area contributed by atoms with Gasteiger partial charge in [-0.3, -0.25) is 0 Å². The molecule has 8 aromatic rings. The van der Waals surface area contributed by atoms with E-state index in [1.54, 1.807) is 0 Å². The Kier molecular flexibility index (Phi) is 7.50. The molecule has 8 aromatic carbocycles. The topological polar surface area (TPSA) is 3.24 Å². The first-order chi connectivity index (χ1) is 24.5. The second-order valence-corrected chi connectivity index (χ2v) is 14.2. The molecule has 0 aromatic heterocycles. The minimum Gasteiger partial charge on any atom is -0.357 e. The summed E-state index contributed by atoms with van der Waals surface area (Å²) in [5.41, 5.74) is 13.2. The number of anilines is 1. The molecule has 1 nitrogen and oxygen atoms in total. The van der Waals surface area contributed by atoms with Crippen LogP contribution in [-0.2, 0) is 0 Å². The summed E-state index contributed by atoms with van der Waals surface area (Å²) >= 11 is 0. The first kappa shape index (κ1) is 30.4. The van der Waals surface area contributed by atoms with Crippen molar-refractivity contribution in [1.29, 1.82) is 0 Å². The molecule has 1 aliphatic heterocycles. The van der Waals surface area contributed by atoms with E-state index in [-0.39, 0.29) is 0 Å². The van der Waals surface area contributed by atoms with Gasteiger partial charge >= 0.3 is 0 Å². The van der Waals surface area contributed by atoms with Crippen LogP contribution in [0.4, 0.5) is 5.69 Å². The molecule has 2 unspecified atom stereocenters. The molecule has 242 valence electrons. The van der Waals surface area contributed by atoms with Crippen molar-refractivity contribution in [2.75, 3.05) is 4.90 Å². The highest BCUT2D eigenvalue weighted by Gasteiger charge is 2.35. The Hall–Kier alpha value is -5.66. The van der Waals surface area contributed by atoms with Gasteiger partial charge in [0.1, 0.15) is 0 Å². The van der Waals surface area contributed by atoms with Gasteiger partial charge in [0.05, 0.1) is 12.1 Å². The Morgan fingerprint density at radius 3 is 1.56 bits per heavy atom. The molecule has 0 saturated carbocycles. The fourth-order valence-corrected chi connectivity index (χ4v) is 8.65. The summed E-state index contributed by atoms with van der Waals surface area (Å²) in [5.74, 6) is 0. The maximum absolute atomic E-state index is 2.71. The van der Waals surface area contributed by atoms with E-state index in [1.165, 1.54) is 88.1 Å². The maximum Gasteiger partial charge on any atom is 0.0549 e. The number of fused-ring (bicyclic) bond motifs is 3. The molecule has 1 saturated heterocycles. The molecule has 50 heavy (non-hydrogen) atoms. The average molecular weight is 644 g/mol. The third-order valence-corrected chi connectivity index (χ3v) is 11.3. The molecular weight excluding hydrogens is 603 g/mol. The van der Waals surface area contributed by atoms with Crippen molar-refractivity contribution in [3.63, 3.8) is 0 Å². The van der Waals surface area contributed by atoms with Crippen LogP contribution in [0.3, 0.4) is 0 Å². The lowest BCUT2D eigenvalue weighted by Crippen LogP contribution is -2.26. The second kappa shape index (κ2) is 12.3. The SMILES string of the molecule is Cc1cc(-c2c3ccccc3c(-c3ccc4ccccc4c3)c3ccc(N4C(c5ccccc5)CCC4c4ccccc4)cc23)cc(C)c1C. The van der Waals surface area contributed by atoms with E-state index in [0.717, 1.165) is 12.8 Å². The normalized spacial score (nSPS) is 16.1. The number of nitrogens with zero attached hydrogens (tertiary/aromatic N) is 1. The molecule has 0 radical (unpaired) electrons. The zero-order valence-electron chi connectivity index (χ0n) is 29.0. The van der Waals surface area contributed by atoms with Gasteiger partial charge in [-0.05, 0) is 134 Å². The molecule has 1 heterocycles. The molecule has 0 N–H and O–H groups in total. The van der Waals surface area contributed by atoms with Crippen molar-refractivity contribution in [3.05, 3.63) is 186 Å². The van der Waals surface area contributed by atoms with Gasteiger partial charge in [-0.2, -0.15) is 0 Å². The van der Waals surface area contributed by atoms with Gasteiger partial charge in [0.2, 0.25) is 0 Å². The molecule has 1 aliphatic rings. The van der Waals surface area contributed by atoms with Crippen LogP contribution >= 0.6 is 0 Å². The largest absolute Gasteiger partial charge is 0.357 e. The van der Waals surface area contributed by atoms with Crippen LogP contribution < -0.4 is 4.90 Å². The number of hydrogen-bond acceptors (Lipinski definition) is 1. The van der Waals surface area contributed by atoms with E-state index in [2.05, 4.69) is 183 Å². The Labute approximate surface area is 295 Å². The fraction of sp³-hybridized carbons (Fsp3) is 0.143. The zero-order valence-corrected chi connectivity index (χ0v) is 29.0. The predicted molar refractivity (Wildman–Crippen MR) is 214 cm³/mol. The van der Waals surface area contributed by atoms with Gasteiger partial charge in [-0.15, -0.1) is 0 Å². The van der Waals surface area contributed by atoms with Crippen molar-refractivity contribution in [3.8, 4) is 22.3 Å². The summed E-state index contributed by atoms with van der Waals surface area (Å²) in [7, 11) is 0. The quantitative estimate of drug-likeness (QED) is 0.169. The van der Waals surface area contributed by atoms with E-state index >= 15 is 0 Å². The number of benzene rings is 8. The molecule has 0 bridgehead atoms. The summed E-state index contributed by atoms with van der Waals surface area (Å²) in [6, 6.07) is 59.7. The van der Waals surface area contributed by atoms with Gasteiger partial charge in [0.25, 0.3) is 0 Å². The summed E-state index contributed by atoms with van der Waals surface area (Å²) in [5, 5.41) is 7.71. The van der Waals surface area contributed by atoms with Crippen molar-refractivity contribution in [1.82, 2.24) is 0 Å². The van der Waals surface area contributed by atoms with Gasteiger partial charge in [-0.25, -0.2) is 0 Å². The monoisotopic (exact) mass is 643 g/mol. The summed E-state index contributed by atoms with van der Waals surface area (Å²) < 4.78 is 0. The number of rotatable bonds is 5. The summed E-state index contributed by atoms with van der Waals surface area (Å²) in [4.78, 5) is 2.71. The average Bonchev–Trinajstić information content (AvgIpc) is 3.61. The number of hydrogen-bond donors (Lipinski definition) is 0. The van der Waals surface area contributed by atoms with E-state index in [1.807, 2.05) is 0 Å². The van der Waals surface area contributed by atoms with Gasteiger partial charge in [0, 0.05) is 5.69 Å². The Bertz CT molecular complexity index is 2460. The first-order valence-electron chi connectivity index (χ1n) is 18.0. The molecule has 2 atom stereocenters. The zero-order chi connectivity index (χ0) is 33.8. The van der Waals surface area contributed by atoms with E-state index < -0.39 is 0 Å². The second-order valence-electron chi connectivity index (χ2n) is 14.2. The minimum atomic E-state index is 0.298. The fourth-order valence-electron chi connectivity index (χ4n) is 8.65. The molecule has 0 amide bonds. The number of aryl methyl sites for hydroxylation is 2. The van der Waals surface area contributed by atoms with Crippen molar-refractivity contribution < 1.29 is 0 Å². The molecule has 1 fully saturated rings. The lowest BCUT2D eigenvalue weighted by atomic mass is 9.84. The Balaban J connectivity index is 1.36. The van der Waals surface area contributed by atoms with Crippen LogP contribution in [0, 0.1) is 20.8 Å². The van der Waals surface area contributed by atoms with E-state index in [4.69, 9.17) is 0 Å². The van der Waals surface area contributed by atoms with Gasteiger partial charge in [-0.1, -0.05) is 140 Å². The maximum atomic E-state index is 2.71. The molecule has 1 heteroatoms. The molecular formula is C49H41N. The highest BCUT2D eigenvalue weighted by atomic mass is 15.2. The lowest BCUT2D eigenvalue weighted by Gasteiger charge is -2.34. The third-order valence-electron chi connectivity index (χ3n) is 11.3. The van der Waals surface area contributed by atoms with Gasteiger partial charge in [0.15, 0.2) is 0 Å². The van der Waals surface area contributed by atoms with Crippen LogP contribution in [0.25, 0.3) is 54.6 Å². The van der Waals surface area contributed by atoms with Crippen molar-refractivity contribution in [2.45, 2.75) is 45.7 Å². The van der Waals surface area contributed by atoms with Gasteiger partial charge < -0.3 is 4.90 Å². The summed E-state index contributed by atoms with van der Waals surface area (Å²) in [6.45, 7) is 6.75. The van der Waals surface area contributed by atoms with Crippen molar-refractivity contribution in [2.24, 2.45) is 0 Å². The predicted octanol–water partition coefficient (Wildman–Crippen LogP) is 13.5. The lowest BCUT2D eigenvalue weighted by molar-refractivity contribution is 0.675. The summed E-state index contributed by atoms with van der Waals surface area (Å²) in [6.07, 6.45) is 2.23. The van der Waals surface area contributed by atoms with E-state index in [9.17, 15) is 0 Å². The van der Waals surface area contributed by atoms with Crippen molar-refractivity contribution >= 4 is 38.0 Å². The highest BCUT2D eigenvalue weighted by Crippen LogP contribution is 2.50. The molecule has 0 aliphatic carbocycles. The minimum absolute atomic E-state index is 0.298. The highest BCUT2D eigenvalue weighted by molar-refractivity contribution is 6.22. The molecule has 9 rings (SSSR count). The third kappa shape index (κ3) is 5.08. The Morgan fingerprint density at radius 2 is 0.940 bits per heavy atom. The smallest absolute Gasteiger partial charge is 0.0549 e. The molecule has 0 spiro atoms. The van der Waals surface area contributed by atoms with Crippen LogP contribution in [0.5, 0.6) is 0 Å².